The van der Waals surface area contributed by atoms with Gasteiger partial charge in [-0.25, -0.2) is 9.59 Å². The van der Waals surface area contributed by atoms with Crippen molar-refractivity contribution in [3.8, 4) is 0 Å². The number of benzene rings is 1. The van der Waals surface area contributed by atoms with E-state index < -0.39 is 24.5 Å². The predicted molar refractivity (Wildman–Crippen MR) is 120 cm³/mol. The first-order valence-electron chi connectivity index (χ1n) is 10.5. The quantitative estimate of drug-likeness (QED) is 0.586. The Morgan fingerprint density at radius 3 is 2.06 bits per heavy atom. The van der Waals surface area contributed by atoms with Crippen LogP contribution in [-0.2, 0) is 14.3 Å². The molecule has 0 unspecified atom stereocenters. The molecule has 0 radical (unpaired) electrons. The fraction of sp³-hybridized carbons (Fsp3) is 0.458. The third-order valence-electron chi connectivity index (χ3n) is 5.09. The first kappa shape index (κ1) is 24.2. The maximum absolute atomic E-state index is 12.6. The van der Waals surface area contributed by atoms with Crippen LogP contribution in [0.15, 0.2) is 18.2 Å². The number of esters is 2. The number of aromatic nitrogens is 1. The van der Waals surface area contributed by atoms with E-state index in [9.17, 15) is 14.4 Å². The van der Waals surface area contributed by atoms with Gasteiger partial charge in [-0.2, -0.15) is 0 Å². The summed E-state index contributed by atoms with van der Waals surface area (Å²) in [7, 11) is 0. The highest BCUT2D eigenvalue weighted by Gasteiger charge is 2.24. The Kier molecular flexibility index (Phi) is 8.02. The molecule has 0 aliphatic heterocycles. The third kappa shape index (κ3) is 5.54. The number of H-pyrrole nitrogens is 1. The highest BCUT2D eigenvalue weighted by atomic mass is 16.5. The van der Waals surface area contributed by atoms with E-state index in [1.54, 1.807) is 20.8 Å². The lowest BCUT2D eigenvalue weighted by Crippen LogP contribution is -2.23. The van der Waals surface area contributed by atoms with Gasteiger partial charge in [-0.15, -0.1) is 0 Å². The van der Waals surface area contributed by atoms with Gasteiger partial charge in [0.05, 0.1) is 12.2 Å². The summed E-state index contributed by atoms with van der Waals surface area (Å²) in [4.78, 5) is 40.1. The number of carbonyl (C=O) groups excluding carboxylic acids is 3. The van der Waals surface area contributed by atoms with Gasteiger partial charge in [-0.05, 0) is 49.3 Å². The van der Waals surface area contributed by atoms with Gasteiger partial charge in [0.1, 0.15) is 5.69 Å². The number of hydrogen-bond acceptors (Lipinski definition) is 5. The number of aromatic amines is 1. The molecular formula is C24H32N2O5. The molecule has 31 heavy (non-hydrogen) atoms. The SMILES string of the molecule is CCOC(=O)c1[nH]c(C)c(C(=O)OCC(=O)Nc2c(C(C)C)cccc2C(C)C)c1C. The standard InChI is InChI=1S/C24H32N2O5/c1-8-30-24(29)21-15(6)20(16(7)25-21)23(28)31-12-19(27)26-22-17(13(2)3)10-9-11-18(22)14(4)5/h9-11,13-14,25H,8,12H2,1-7H3,(H,26,27). The Morgan fingerprint density at radius 1 is 0.968 bits per heavy atom. The third-order valence-corrected chi connectivity index (χ3v) is 5.09. The van der Waals surface area contributed by atoms with Crippen molar-refractivity contribution in [2.45, 2.75) is 60.3 Å². The van der Waals surface area contributed by atoms with Crippen molar-refractivity contribution in [2.75, 3.05) is 18.5 Å². The summed E-state index contributed by atoms with van der Waals surface area (Å²) in [6.07, 6.45) is 0. The van der Waals surface area contributed by atoms with Gasteiger partial charge in [0.15, 0.2) is 6.61 Å². The van der Waals surface area contributed by atoms with E-state index in [1.807, 2.05) is 18.2 Å². The van der Waals surface area contributed by atoms with Gasteiger partial charge in [-0.1, -0.05) is 45.9 Å². The molecule has 0 atom stereocenters. The maximum Gasteiger partial charge on any atom is 0.355 e. The minimum Gasteiger partial charge on any atom is -0.461 e. The number of anilines is 1. The Hall–Kier alpha value is -3.09. The molecule has 2 aromatic rings. The molecule has 2 N–H and O–H groups in total. The van der Waals surface area contributed by atoms with Crippen LogP contribution in [-0.4, -0.2) is 36.0 Å². The van der Waals surface area contributed by atoms with E-state index in [0.29, 0.717) is 11.3 Å². The molecule has 1 heterocycles. The Morgan fingerprint density at radius 2 is 1.55 bits per heavy atom. The summed E-state index contributed by atoms with van der Waals surface area (Å²) in [5.41, 5.74) is 4.20. The van der Waals surface area contributed by atoms with Gasteiger partial charge in [0.2, 0.25) is 0 Å². The molecular weight excluding hydrogens is 396 g/mol. The summed E-state index contributed by atoms with van der Waals surface area (Å²) in [6, 6.07) is 5.96. The zero-order chi connectivity index (χ0) is 23.3. The van der Waals surface area contributed by atoms with Crippen molar-refractivity contribution >= 4 is 23.5 Å². The first-order chi connectivity index (χ1) is 14.6. The largest absolute Gasteiger partial charge is 0.461 e. The lowest BCUT2D eigenvalue weighted by Gasteiger charge is -2.20. The number of rotatable bonds is 8. The average molecular weight is 429 g/mol. The molecule has 0 saturated heterocycles. The van der Waals surface area contributed by atoms with Crippen LogP contribution in [0, 0.1) is 13.8 Å². The second kappa shape index (κ2) is 10.3. The summed E-state index contributed by atoms with van der Waals surface area (Å²) in [5.74, 6) is -1.17. The van der Waals surface area contributed by atoms with Crippen molar-refractivity contribution in [1.29, 1.82) is 0 Å². The fourth-order valence-electron chi connectivity index (χ4n) is 3.54. The molecule has 1 aromatic heterocycles. The van der Waals surface area contributed by atoms with E-state index in [-0.39, 0.29) is 29.7 Å². The molecule has 0 spiro atoms. The van der Waals surface area contributed by atoms with Crippen LogP contribution >= 0.6 is 0 Å². The number of carbonyl (C=O) groups is 3. The molecule has 1 aromatic carbocycles. The average Bonchev–Trinajstić information content (AvgIpc) is 3.00. The van der Waals surface area contributed by atoms with E-state index in [2.05, 4.69) is 38.0 Å². The van der Waals surface area contributed by atoms with Crippen molar-refractivity contribution in [1.82, 2.24) is 4.98 Å². The molecule has 1 amide bonds. The first-order valence-corrected chi connectivity index (χ1v) is 10.5. The number of amides is 1. The van der Waals surface area contributed by atoms with Crippen LogP contribution in [0.5, 0.6) is 0 Å². The minimum atomic E-state index is -0.668. The maximum atomic E-state index is 12.6. The Balaban J connectivity index is 2.15. The van der Waals surface area contributed by atoms with Crippen LogP contribution < -0.4 is 5.32 Å². The zero-order valence-electron chi connectivity index (χ0n) is 19.3. The number of hydrogen-bond donors (Lipinski definition) is 2. The second-order valence-corrected chi connectivity index (χ2v) is 8.09. The van der Waals surface area contributed by atoms with E-state index in [4.69, 9.17) is 9.47 Å². The summed E-state index contributed by atoms with van der Waals surface area (Å²) < 4.78 is 10.3. The minimum absolute atomic E-state index is 0.211. The van der Waals surface area contributed by atoms with Gasteiger partial charge in [0.25, 0.3) is 5.91 Å². The van der Waals surface area contributed by atoms with Crippen LogP contribution in [0.2, 0.25) is 0 Å². The van der Waals surface area contributed by atoms with Crippen molar-refractivity contribution < 1.29 is 23.9 Å². The van der Waals surface area contributed by atoms with Crippen LogP contribution in [0.3, 0.4) is 0 Å². The highest BCUT2D eigenvalue weighted by Crippen LogP contribution is 2.32. The summed E-state index contributed by atoms with van der Waals surface area (Å²) in [5, 5.41) is 2.92. The van der Waals surface area contributed by atoms with Crippen LogP contribution in [0.1, 0.15) is 89.7 Å². The molecule has 7 heteroatoms. The van der Waals surface area contributed by atoms with Crippen molar-refractivity contribution in [3.05, 3.63) is 51.8 Å². The molecule has 0 bridgehead atoms. The van der Waals surface area contributed by atoms with Gasteiger partial charge >= 0.3 is 11.9 Å². The van der Waals surface area contributed by atoms with Gasteiger partial charge in [-0.3, -0.25) is 4.79 Å². The summed E-state index contributed by atoms with van der Waals surface area (Å²) in [6.45, 7) is 13.1. The van der Waals surface area contributed by atoms with Crippen molar-refractivity contribution in [2.24, 2.45) is 0 Å². The number of nitrogens with one attached hydrogen (secondary N) is 2. The number of para-hydroxylation sites is 1. The van der Waals surface area contributed by atoms with E-state index >= 15 is 0 Å². The molecule has 0 fully saturated rings. The monoisotopic (exact) mass is 428 g/mol. The fourth-order valence-corrected chi connectivity index (χ4v) is 3.54. The van der Waals surface area contributed by atoms with E-state index in [1.165, 1.54) is 0 Å². The van der Waals surface area contributed by atoms with Gasteiger partial charge < -0.3 is 19.8 Å². The molecule has 7 nitrogen and oxygen atoms in total. The van der Waals surface area contributed by atoms with Gasteiger partial charge in [0, 0.05) is 11.4 Å². The molecule has 168 valence electrons. The van der Waals surface area contributed by atoms with Crippen molar-refractivity contribution in [3.63, 3.8) is 0 Å². The lowest BCUT2D eigenvalue weighted by atomic mass is 9.92. The molecule has 2 rings (SSSR count). The normalized spacial score (nSPS) is 11.0. The predicted octanol–water partition coefficient (Wildman–Crippen LogP) is 4.85. The van der Waals surface area contributed by atoms with Crippen LogP contribution in [0.25, 0.3) is 0 Å². The topological polar surface area (TPSA) is 97.5 Å². The number of aryl methyl sites for hydroxylation is 1. The smallest absolute Gasteiger partial charge is 0.355 e. The van der Waals surface area contributed by atoms with E-state index in [0.717, 1.165) is 16.8 Å². The zero-order valence-corrected chi connectivity index (χ0v) is 19.3. The number of ether oxygens (including phenoxy) is 2. The highest BCUT2D eigenvalue weighted by molar-refractivity contribution is 6.00. The lowest BCUT2D eigenvalue weighted by molar-refractivity contribution is -0.119. The second-order valence-electron chi connectivity index (χ2n) is 8.09. The molecule has 0 saturated carbocycles. The Bertz CT molecular complexity index is 946. The molecule has 0 aliphatic rings. The molecule has 0 aliphatic carbocycles. The summed E-state index contributed by atoms with van der Waals surface area (Å²) >= 11 is 0. The van der Waals surface area contributed by atoms with Crippen LogP contribution in [0.4, 0.5) is 5.69 Å². The Labute approximate surface area is 183 Å².